The highest BCUT2D eigenvalue weighted by Gasteiger charge is 2.42. The summed E-state index contributed by atoms with van der Waals surface area (Å²) in [5, 5.41) is 12.0. The third-order valence-corrected chi connectivity index (χ3v) is 4.13. The lowest BCUT2D eigenvalue weighted by Gasteiger charge is -2.26. The quantitative estimate of drug-likeness (QED) is 0.827. The van der Waals surface area contributed by atoms with Gasteiger partial charge in [0.1, 0.15) is 0 Å². The highest BCUT2D eigenvalue weighted by atomic mass is 16.3. The predicted molar refractivity (Wildman–Crippen MR) is 73.3 cm³/mol. The van der Waals surface area contributed by atoms with Crippen LogP contribution in [0.5, 0.6) is 0 Å². The molecule has 3 rings (SSSR count). The van der Waals surface area contributed by atoms with Crippen molar-refractivity contribution in [3.05, 3.63) is 42.1 Å². The Morgan fingerprint density at radius 3 is 2.72 bits per heavy atom. The maximum atomic E-state index is 10.8. The Hall–Kier alpha value is -1.41. The van der Waals surface area contributed by atoms with Gasteiger partial charge in [-0.3, -0.25) is 4.98 Å². The number of hydrogen-bond donors (Lipinski definition) is 1. The van der Waals surface area contributed by atoms with Gasteiger partial charge >= 0.3 is 0 Å². The Morgan fingerprint density at radius 2 is 2.00 bits per heavy atom. The SMILES string of the molecule is CC1(C)CCC(O)(c2ccc3cccnc3c2)C1. The average molecular weight is 241 g/mol. The summed E-state index contributed by atoms with van der Waals surface area (Å²) in [6.07, 6.45) is 4.55. The predicted octanol–water partition coefficient (Wildman–Crippen LogP) is 3.63. The van der Waals surface area contributed by atoms with E-state index in [2.05, 4.69) is 31.0 Å². The van der Waals surface area contributed by atoms with Gasteiger partial charge in [-0.25, -0.2) is 0 Å². The van der Waals surface area contributed by atoms with E-state index in [1.165, 1.54) is 0 Å². The molecule has 0 saturated heterocycles. The van der Waals surface area contributed by atoms with Crippen molar-refractivity contribution in [1.82, 2.24) is 4.98 Å². The number of benzene rings is 1. The van der Waals surface area contributed by atoms with Crippen LogP contribution in [-0.2, 0) is 5.60 Å². The summed E-state index contributed by atoms with van der Waals surface area (Å²) >= 11 is 0. The minimum atomic E-state index is -0.671. The van der Waals surface area contributed by atoms with Crippen molar-refractivity contribution in [1.29, 1.82) is 0 Å². The first-order valence-electron chi connectivity index (χ1n) is 6.56. The molecule has 18 heavy (non-hydrogen) atoms. The number of nitrogens with zero attached hydrogens (tertiary/aromatic N) is 1. The Labute approximate surface area is 108 Å². The lowest BCUT2D eigenvalue weighted by atomic mass is 9.85. The number of pyridine rings is 1. The van der Waals surface area contributed by atoms with Crippen LogP contribution in [0.25, 0.3) is 10.9 Å². The Balaban J connectivity index is 2.04. The molecular weight excluding hydrogens is 222 g/mol. The molecule has 1 atom stereocenters. The fourth-order valence-electron chi connectivity index (χ4n) is 3.12. The fourth-order valence-corrected chi connectivity index (χ4v) is 3.12. The number of aromatic nitrogens is 1. The zero-order valence-corrected chi connectivity index (χ0v) is 11.0. The monoisotopic (exact) mass is 241 g/mol. The molecule has 1 aromatic heterocycles. The first-order valence-corrected chi connectivity index (χ1v) is 6.56. The molecule has 94 valence electrons. The van der Waals surface area contributed by atoms with Gasteiger partial charge < -0.3 is 5.11 Å². The standard InChI is InChI=1S/C16H19NO/c1-15(2)7-8-16(18,11-15)13-6-5-12-4-3-9-17-14(12)10-13/h3-6,9-10,18H,7-8,11H2,1-2H3. The zero-order valence-electron chi connectivity index (χ0n) is 11.0. The average Bonchev–Trinajstić information content (AvgIpc) is 2.64. The summed E-state index contributed by atoms with van der Waals surface area (Å²) in [7, 11) is 0. The van der Waals surface area contributed by atoms with Gasteiger partial charge in [-0.2, -0.15) is 0 Å². The highest BCUT2D eigenvalue weighted by Crippen LogP contribution is 2.49. The largest absolute Gasteiger partial charge is 0.385 e. The van der Waals surface area contributed by atoms with Gasteiger partial charge in [-0.15, -0.1) is 0 Å². The van der Waals surface area contributed by atoms with Crippen LogP contribution in [0.1, 0.15) is 38.7 Å². The number of aliphatic hydroxyl groups is 1. The van der Waals surface area contributed by atoms with Gasteiger partial charge in [0, 0.05) is 11.6 Å². The summed E-state index contributed by atoms with van der Waals surface area (Å²) in [5.74, 6) is 0. The summed E-state index contributed by atoms with van der Waals surface area (Å²) in [6, 6.07) is 10.1. The molecule has 1 unspecified atom stereocenters. The highest BCUT2D eigenvalue weighted by molar-refractivity contribution is 5.79. The van der Waals surface area contributed by atoms with Crippen molar-refractivity contribution in [2.45, 2.75) is 38.7 Å². The molecule has 2 heteroatoms. The maximum Gasteiger partial charge on any atom is 0.0902 e. The van der Waals surface area contributed by atoms with Gasteiger partial charge in [0.2, 0.25) is 0 Å². The zero-order chi connectivity index (χ0) is 12.8. The molecule has 0 aliphatic heterocycles. The van der Waals surface area contributed by atoms with Crippen molar-refractivity contribution in [3.8, 4) is 0 Å². The van der Waals surface area contributed by atoms with E-state index in [0.717, 1.165) is 35.7 Å². The molecule has 1 aliphatic rings. The molecule has 1 fully saturated rings. The second-order valence-electron chi connectivity index (χ2n) is 6.28. The number of fused-ring (bicyclic) bond motifs is 1. The van der Waals surface area contributed by atoms with Crippen LogP contribution in [0.3, 0.4) is 0 Å². The molecule has 0 amide bonds. The summed E-state index contributed by atoms with van der Waals surface area (Å²) in [4.78, 5) is 4.37. The molecule has 1 aromatic carbocycles. The van der Waals surface area contributed by atoms with Crippen LogP contribution in [-0.4, -0.2) is 10.1 Å². The molecule has 0 radical (unpaired) electrons. The van der Waals surface area contributed by atoms with E-state index in [1.807, 2.05) is 18.2 Å². The van der Waals surface area contributed by atoms with Crippen LogP contribution in [0.2, 0.25) is 0 Å². The van der Waals surface area contributed by atoms with Crippen molar-refractivity contribution >= 4 is 10.9 Å². The summed E-state index contributed by atoms with van der Waals surface area (Å²) in [6.45, 7) is 4.45. The van der Waals surface area contributed by atoms with Gasteiger partial charge in [-0.05, 0) is 42.4 Å². The third-order valence-electron chi connectivity index (χ3n) is 4.13. The first-order chi connectivity index (χ1) is 8.49. The van der Waals surface area contributed by atoms with Crippen LogP contribution in [0.4, 0.5) is 0 Å². The molecule has 2 nitrogen and oxygen atoms in total. The molecule has 0 bridgehead atoms. The van der Waals surface area contributed by atoms with Crippen LogP contribution >= 0.6 is 0 Å². The number of hydrogen-bond acceptors (Lipinski definition) is 2. The first kappa shape index (κ1) is 11.7. The summed E-state index contributed by atoms with van der Waals surface area (Å²) < 4.78 is 0. The minimum absolute atomic E-state index is 0.230. The van der Waals surface area contributed by atoms with E-state index in [1.54, 1.807) is 6.20 Å². The van der Waals surface area contributed by atoms with Gasteiger partial charge in [-0.1, -0.05) is 32.0 Å². The maximum absolute atomic E-state index is 10.8. The molecular formula is C16H19NO. The van der Waals surface area contributed by atoms with E-state index >= 15 is 0 Å². The van der Waals surface area contributed by atoms with E-state index < -0.39 is 5.60 Å². The normalized spacial score (nSPS) is 26.6. The fraction of sp³-hybridized carbons (Fsp3) is 0.438. The minimum Gasteiger partial charge on any atom is -0.385 e. The van der Waals surface area contributed by atoms with Crippen LogP contribution < -0.4 is 0 Å². The smallest absolute Gasteiger partial charge is 0.0902 e. The van der Waals surface area contributed by atoms with Crippen molar-refractivity contribution in [2.75, 3.05) is 0 Å². The molecule has 1 heterocycles. The Morgan fingerprint density at radius 1 is 1.17 bits per heavy atom. The lowest BCUT2D eigenvalue weighted by molar-refractivity contribution is 0.0339. The van der Waals surface area contributed by atoms with E-state index in [0.29, 0.717) is 0 Å². The van der Waals surface area contributed by atoms with Crippen LogP contribution in [0, 0.1) is 5.41 Å². The van der Waals surface area contributed by atoms with Gasteiger partial charge in [0.15, 0.2) is 0 Å². The number of rotatable bonds is 1. The molecule has 1 N–H and O–H groups in total. The third kappa shape index (κ3) is 1.91. The second kappa shape index (κ2) is 3.79. The summed E-state index contributed by atoms with van der Waals surface area (Å²) in [5.41, 5.74) is 1.54. The second-order valence-corrected chi connectivity index (χ2v) is 6.28. The van der Waals surface area contributed by atoms with E-state index in [4.69, 9.17) is 0 Å². The molecule has 2 aromatic rings. The van der Waals surface area contributed by atoms with Gasteiger partial charge in [0.25, 0.3) is 0 Å². The Bertz CT molecular complexity index is 590. The van der Waals surface area contributed by atoms with E-state index in [9.17, 15) is 5.11 Å². The van der Waals surface area contributed by atoms with Gasteiger partial charge in [0.05, 0.1) is 11.1 Å². The molecule has 1 aliphatic carbocycles. The van der Waals surface area contributed by atoms with Crippen LogP contribution in [0.15, 0.2) is 36.5 Å². The topological polar surface area (TPSA) is 33.1 Å². The molecule has 1 saturated carbocycles. The van der Waals surface area contributed by atoms with E-state index in [-0.39, 0.29) is 5.41 Å². The van der Waals surface area contributed by atoms with Crippen molar-refractivity contribution < 1.29 is 5.11 Å². The van der Waals surface area contributed by atoms with Crippen molar-refractivity contribution in [2.24, 2.45) is 5.41 Å². The Kier molecular flexibility index (Phi) is 2.46. The lowest BCUT2D eigenvalue weighted by Crippen LogP contribution is -2.23. The van der Waals surface area contributed by atoms with Crippen molar-refractivity contribution in [3.63, 3.8) is 0 Å². The molecule has 0 spiro atoms.